The number of rotatable bonds is 15. The van der Waals surface area contributed by atoms with E-state index in [9.17, 15) is 10.1 Å². The monoisotopic (exact) mass is 502 g/mol. The van der Waals surface area contributed by atoms with Crippen LogP contribution in [0.15, 0.2) is 42.6 Å². The van der Waals surface area contributed by atoms with Gasteiger partial charge in [0.05, 0.1) is 22.7 Å². The van der Waals surface area contributed by atoms with Gasteiger partial charge in [0.25, 0.3) is 0 Å². The van der Waals surface area contributed by atoms with Crippen LogP contribution in [0.4, 0.5) is 0 Å². The summed E-state index contributed by atoms with van der Waals surface area (Å²) >= 11 is 0. The van der Waals surface area contributed by atoms with Crippen LogP contribution in [0.5, 0.6) is 0 Å². The van der Waals surface area contributed by atoms with Crippen LogP contribution in [0, 0.1) is 16.7 Å². The largest absolute Gasteiger partial charge is 0.459 e. The Bertz CT molecular complexity index is 967. The summed E-state index contributed by atoms with van der Waals surface area (Å²) in [6, 6.07) is 14.4. The van der Waals surface area contributed by atoms with Crippen molar-refractivity contribution >= 4 is 5.97 Å². The molecule has 0 aliphatic heterocycles. The van der Waals surface area contributed by atoms with E-state index in [2.05, 4.69) is 37.0 Å². The molecule has 1 aliphatic carbocycles. The Kier molecular flexibility index (Phi) is 12.1. The molecule has 1 saturated carbocycles. The Labute approximate surface area is 224 Å². The Hall–Kier alpha value is -2.67. The zero-order valence-electron chi connectivity index (χ0n) is 23.1. The number of pyridine rings is 1. The number of aryl methyl sites for hydroxylation is 1. The molecule has 3 rings (SSSR count). The van der Waals surface area contributed by atoms with Gasteiger partial charge >= 0.3 is 5.97 Å². The average molecular weight is 503 g/mol. The van der Waals surface area contributed by atoms with E-state index in [0.29, 0.717) is 5.56 Å². The van der Waals surface area contributed by atoms with Gasteiger partial charge in [0.1, 0.15) is 6.10 Å². The molecule has 0 atom stereocenters. The van der Waals surface area contributed by atoms with Gasteiger partial charge < -0.3 is 4.74 Å². The van der Waals surface area contributed by atoms with Crippen molar-refractivity contribution in [3.05, 3.63) is 53.7 Å². The number of esters is 1. The fourth-order valence-electron chi connectivity index (χ4n) is 5.42. The van der Waals surface area contributed by atoms with Crippen LogP contribution >= 0.6 is 0 Å². The third-order valence-electron chi connectivity index (χ3n) is 7.97. The molecular weight excluding hydrogens is 456 g/mol. The first-order valence-corrected chi connectivity index (χ1v) is 14.8. The maximum Gasteiger partial charge on any atom is 0.338 e. The lowest BCUT2D eigenvalue weighted by atomic mass is 9.71. The smallest absolute Gasteiger partial charge is 0.338 e. The maximum absolute atomic E-state index is 12.8. The van der Waals surface area contributed by atoms with Gasteiger partial charge in [0, 0.05) is 11.8 Å². The molecule has 1 fully saturated rings. The molecule has 2 aromatic rings. The third kappa shape index (κ3) is 9.29. The van der Waals surface area contributed by atoms with Gasteiger partial charge in [0.2, 0.25) is 0 Å². The van der Waals surface area contributed by atoms with E-state index < -0.39 is 0 Å². The van der Waals surface area contributed by atoms with Crippen LogP contribution in [-0.2, 0) is 11.2 Å². The van der Waals surface area contributed by atoms with E-state index in [4.69, 9.17) is 4.74 Å². The molecule has 1 aromatic carbocycles. The molecule has 37 heavy (non-hydrogen) atoms. The molecule has 0 saturated heterocycles. The predicted molar refractivity (Wildman–Crippen MR) is 151 cm³/mol. The molecule has 0 bridgehead atoms. The molecule has 1 heterocycles. The number of ether oxygens (including phenoxy) is 1. The minimum Gasteiger partial charge on any atom is -0.459 e. The lowest BCUT2D eigenvalue weighted by Gasteiger charge is -2.34. The molecule has 0 amide bonds. The highest BCUT2D eigenvalue weighted by molar-refractivity contribution is 5.90. The quantitative estimate of drug-likeness (QED) is 0.180. The lowest BCUT2D eigenvalue weighted by Crippen LogP contribution is -2.31. The normalized spacial score (nSPS) is 19.3. The van der Waals surface area contributed by atoms with E-state index in [1.165, 1.54) is 63.4 Å². The minimum atomic E-state index is -0.271. The van der Waals surface area contributed by atoms with Crippen molar-refractivity contribution in [1.29, 1.82) is 5.26 Å². The molecule has 0 spiro atoms. The number of nitrogens with zero attached hydrogens (tertiary/aromatic N) is 2. The van der Waals surface area contributed by atoms with Gasteiger partial charge in [-0.1, -0.05) is 89.8 Å². The van der Waals surface area contributed by atoms with Gasteiger partial charge in [-0.05, 0) is 68.7 Å². The van der Waals surface area contributed by atoms with Crippen LogP contribution < -0.4 is 0 Å². The summed E-state index contributed by atoms with van der Waals surface area (Å²) in [4.78, 5) is 17.4. The zero-order valence-corrected chi connectivity index (χ0v) is 23.1. The predicted octanol–water partition coefficient (Wildman–Crippen LogP) is 9.23. The first kappa shape index (κ1) is 28.9. The minimum absolute atomic E-state index is 0.0927. The molecule has 4 heteroatoms. The van der Waals surface area contributed by atoms with Crippen molar-refractivity contribution in [3.63, 3.8) is 0 Å². The number of hydrogen-bond donors (Lipinski definition) is 0. The number of carbonyl (C=O) groups excluding carboxylic acids is 1. The SMILES string of the molecule is CCCCCCCc1ccc(-c2ccc(C(=O)OC3CCC(C#N)(CCCCCCC)CC3)cc2)nc1. The standard InChI is InChI=1S/C33H46N2O2/c1-3-5-7-9-11-13-27-14-19-31(35-25-27)28-15-17-29(18-16-28)32(36)37-30-20-23-33(26-34,24-21-30)22-12-10-8-6-4-2/h14-19,25,30H,3-13,20-24H2,1-2H3. The Morgan fingerprint density at radius 1 is 0.919 bits per heavy atom. The second-order valence-electron chi connectivity index (χ2n) is 11.0. The van der Waals surface area contributed by atoms with Crippen LogP contribution in [0.1, 0.15) is 126 Å². The Morgan fingerprint density at radius 3 is 2.16 bits per heavy atom. The summed E-state index contributed by atoms with van der Waals surface area (Å²) in [5.74, 6) is -0.271. The van der Waals surface area contributed by atoms with Crippen molar-refractivity contribution in [2.45, 2.75) is 123 Å². The van der Waals surface area contributed by atoms with Crippen LogP contribution in [0.2, 0.25) is 0 Å². The van der Waals surface area contributed by atoms with Crippen molar-refractivity contribution in [1.82, 2.24) is 4.98 Å². The van der Waals surface area contributed by atoms with Gasteiger partial charge in [-0.15, -0.1) is 0 Å². The summed E-state index contributed by atoms with van der Waals surface area (Å²) < 4.78 is 5.83. The number of aromatic nitrogens is 1. The van der Waals surface area contributed by atoms with E-state index in [1.54, 1.807) is 0 Å². The number of carbonyl (C=O) groups is 1. The summed E-state index contributed by atoms with van der Waals surface area (Å²) in [5, 5.41) is 9.83. The van der Waals surface area contributed by atoms with Gasteiger partial charge in [-0.3, -0.25) is 4.98 Å². The first-order valence-electron chi connectivity index (χ1n) is 14.8. The highest BCUT2D eigenvalue weighted by atomic mass is 16.5. The summed E-state index contributed by atoms with van der Waals surface area (Å²) in [5.41, 5.74) is 3.55. The number of hydrogen-bond acceptors (Lipinski definition) is 4. The third-order valence-corrected chi connectivity index (χ3v) is 7.97. The highest BCUT2D eigenvalue weighted by Gasteiger charge is 2.36. The highest BCUT2D eigenvalue weighted by Crippen LogP contribution is 2.41. The van der Waals surface area contributed by atoms with Crippen molar-refractivity contribution in [2.75, 3.05) is 0 Å². The molecule has 0 N–H and O–H groups in total. The number of unbranched alkanes of at least 4 members (excludes halogenated alkanes) is 8. The molecular formula is C33H46N2O2. The van der Waals surface area contributed by atoms with E-state index in [0.717, 1.165) is 56.2 Å². The van der Waals surface area contributed by atoms with Crippen LogP contribution in [0.3, 0.4) is 0 Å². The van der Waals surface area contributed by atoms with Crippen molar-refractivity contribution < 1.29 is 9.53 Å². The van der Waals surface area contributed by atoms with Crippen molar-refractivity contribution in [2.24, 2.45) is 5.41 Å². The van der Waals surface area contributed by atoms with E-state index in [1.807, 2.05) is 30.5 Å². The maximum atomic E-state index is 12.8. The Morgan fingerprint density at radius 2 is 1.57 bits per heavy atom. The fraction of sp³-hybridized carbons (Fsp3) is 0.606. The van der Waals surface area contributed by atoms with E-state index >= 15 is 0 Å². The average Bonchev–Trinajstić information content (AvgIpc) is 2.94. The zero-order chi connectivity index (χ0) is 26.3. The van der Waals surface area contributed by atoms with Gasteiger partial charge in [0.15, 0.2) is 0 Å². The van der Waals surface area contributed by atoms with Crippen LogP contribution in [-0.4, -0.2) is 17.1 Å². The molecule has 200 valence electrons. The second kappa shape index (κ2) is 15.6. The van der Waals surface area contributed by atoms with Gasteiger partial charge in [-0.2, -0.15) is 5.26 Å². The molecule has 0 unspecified atom stereocenters. The topological polar surface area (TPSA) is 63.0 Å². The van der Waals surface area contributed by atoms with E-state index in [-0.39, 0.29) is 17.5 Å². The molecule has 0 radical (unpaired) electrons. The summed E-state index contributed by atoms with van der Waals surface area (Å²) in [6.45, 7) is 4.46. The summed E-state index contributed by atoms with van der Waals surface area (Å²) in [6.07, 6.45) is 19.7. The van der Waals surface area contributed by atoms with Gasteiger partial charge in [-0.25, -0.2) is 4.79 Å². The number of benzene rings is 1. The Balaban J connectivity index is 1.44. The molecule has 4 nitrogen and oxygen atoms in total. The molecule has 1 aromatic heterocycles. The second-order valence-corrected chi connectivity index (χ2v) is 11.0. The number of nitriles is 1. The fourth-order valence-corrected chi connectivity index (χ4v) is 5.42. The molecule has 1 aliphatic rings. The lowest BCUT2D eigenvalue weighted by molar-refractivity contribution is 0.0105. The summed E-state index contributed by atoms with van der Waals surface area (Å²) in [7, 11) is 0. The van der Waals surface area contributed by atoms with Crippen LogP contribution in [0.25, 0.3) is 11.3 Å². The van der Waals surface area contributed by atoms with Crippen molar-refractivity contribution in [3.8, 4) is 17.3 Å². The first-order chi connectivity index (χ1) is 18.1.